The number of anilines is 1. The molecule has 7 N–H and O–H groups in total. The molecule has 10 heteroatoms. The number of aliphatic hydroxyl groups excluding tert-OH is 1. The molecule has 1 atom stereocenters. The SMILES string of the molecule is CCNC(=O)C1(C(=O)N[C@@H](CCCNC(N)=O)C(=O)Nc2ccc(CO)cc2)CCCC1. The van der Waals surface area contributed by atoms with Gasteiger partial charge in [0.15, 0.2) is 0 Å². The molecule has 10 nitrogen and oxygen atoms in total. The van der Waals surface area contributed by atoms with Gasteiger partial charge in [-0.05, 0) is 50.3 Å². The van der Waals surface area contributed by atoms with Gasteiger partial charge >= 0.3 is 6.03 Å². The van der Waals surface area contributed by atoms with E-state index in [4.69, 9.17) is 10.8 Å². The van der Waals surface area contributed by atoms with E-state index in [1.165, 1.54) is 0 Å². The molecular formula is C22H33N5O5. The molecule has 5 amide bonds. The van der Waals surface area contributed by atoms with E-state index in [9.17, 15) is 19.2 Å². The summed E-state index contributed by atoms with van der Waals surface area (Å²) in [6, 6.07) is 5.11. The summed E-state index contributed by atoms with van der Waals surface area (Å²) in [5.74, 6) is -1.21. The second-order valence-corrected chi connectivity index (χ2v) is 7.95. The Labute approximate surface area is 187 Å². The molecule has 32 heavy (non-hydrogen) atoms. The highest BCUT2D eigenvalue weighted by molar-refractivity contribution is 6.07. The van der Waals surface area contributed by atoms with Gasteiger partial charge in [-0.2, -0.15) is 0 Å². The Morgan fingerprint density at radius 1 is 1.06 bits per heavy atom. The number of nitrogens with two attached hydrogens (primary N) is 1. The molecule has 1 aliphatic carbocycles. The molecule has 0 unspecified atom stereocenters. The minimum absolute atomic E-state index is 0.109. The Balaban J connectivity index is 2.13. The van der Waals surface area contributed by atoms with Crippen molar-refractivity contribution < 1.29 is 24.3 Å². The van der Waals surface area contributed by atoms with E-state index in [0.29, 0.717) is 37.1 Å². The Kier molecular flexibility index (Phi) is 9.45. The second kappa shape index (κ2) is 12.0. The monoisotopic (exact) mass is 447 g/mol. The van der Waals surface area contributed by atoms with Crippen molar-refractivity contribution in [3.63, 3.8) is 0 Å². The van der Waals surface area contributed by atoms with Crippen LogP contribution in [0.25, 0.3) is 0 Å². The summed E-state index contributed by atoms with van der Waals surface area (Å²) in [5, 5.41) is 19.9. The largest absolute Gasteiger partial charge is 0.392 e. The molecule has 1 saturated carbocycles. The van der Waals surface area contributed by atoms with Gasteiger partial charge in [-0.15, -0.1) is 0 Å². The van der Waals surface area contributed by atoms with Gasteiger partial charge in [0, 0.05) is 18.8 Å². The third-order valence-corrected chi connectivity index (χ3v) is 5.66. The molecule has 1 aromatic rings. The molecule has 2 rings (SSSR count). The molecule has 1 aromatic carbocycles. The summed E-state index contributed by atoms with van der Waals surface area (Å²) < 4.78 is 0. The maximum Gasteiger partial charge on any atom is 0.312 e. The molecule has 0 spiro atoms. The van der Waals surface area contributed by atoms with Crippen LogP contribution in [0.5, 0.6) is 0 Å². The number of primary amides is 1. The minimum Gasteiger partial charge on any atom is -0.392 e. The first-order valence-corrected chi connectivity index (χ1v) is 11.0. The zero-order valence-corrected chi connectivity index (χ0v) is 18.4. The molecule has 0 aromatic heterocycles. The van der Waals surface area contributed by atoms with Gasteiger partial charge in [-0.3, -0.25) is 14.4 Å². The zero-order chi connectivity index (χ0) is 23.6. The summed E-state index contributed by atoms with van der Waals surface area (Å²) in [5.41, 5.74) is 5.12. The lowest BCUT2D eigenvalue weighted by molar-refractivity contribution is -0.144. The fraction of sp³-hybridized carbons (Fsp3) is 0.545. The van der Waals surface area contributed by atoms with Gasteiger partial charge in [-0.25, -0.2) is 4.79 Å². The Hall–Kier alpha value is -3.14. The second-order valence-electron chi connectivity index (χ2n) is 7.95. The summed E-state index contributed by atoms with van der Waals surface area (Å²) in [6.07, 6.45) is 3.05. The number of hydrogen-bond donors (Lipinski definition) is 6. The van der Waals surface area contributed by atoms with E-state index in [1.54, 1.807) is 31.2 Å². The quantitative estimate of drug-likeness (QED) is 0.217. The fourth-order valence-corrected chi connectivity index (χ4v) is 3.87. The number of benzene rings is 1. The van der Waals surface area contributed by atoms with E-state index in [1.807, 2.05) is 0 Å². The average Bonchev–Trinajstić information content (AvgIpc) is 3.27. The third kappa shape index (κ3) is 6.68. The standard InChI is InChI=1S/C22H33N5O5/c1-2-24-19(30)22(11-3-4-12-22)20(31)27-17(6-5-13-25-21(23)32)18(29)26-16-9-7-15(14-28)8-10-16/h7-10,17,28H,2-6,11-14H2,1H3,(H,24,30)(H,26,29)(H,27,31)(H3,23,25,32)/t17-/m0/s1. The number of carbonyl (C=O) groups is 4. The van der Waals surface area contributed by atoms with Gasteiger partial charge in [0.1, 0.15) is 11.5 Å². The van der Waals surface area contributed by atoms with Crippen molar-refractivity contribution in [2.45, 2.75) is 58.1 Å². The Bertz CT molecular complexity index is 805. The van der Waals surface area contributed by atoms with Gasteiger partial charge in [0.05, 0.1) is 6.61 Å². The molecule has 0 radical (unpaired) electrons. The van der Waals surface area contributed by atoms with E-state index >= 15 is 0 Å². The van der Waals surface area contributed by atoms with Crippen LogP contribution in [0.3, 0.4) is 0 Å². The van der Waals surface area contributed by atoms with Crippen LogP contribution >= 0.6 is 0 Å². The van der Waals surface area contributed by atoms with Crippen LogP contribution in [0.2, 0.25) is 0 Å². The topological polar surface area (TPSA) is 163 Å². The molecule has 0 saturated heterocycles. The Morgan fingerprint density at radius 3 is 2.28 bits per heavy atom. The summed E-state index contributed by atoms with van der Waals surface area (Å²) in [7, 11) is 0. The smallest absolute Gasteiger partial charge is 0.312 e. The summed E-state index contributed by atoms with van der Waals surface area (Å²) in [4.78, 5) is 49.8. The van der Waals surface area contributed by atoms with Crippen molar-refractivity contribution in [1.29, 1.82) is 0 Å². The third-order valence-electron chi connectivity index (χ3n) is 5.66. The van der Waals surface area contributed by atoms with E-state index in [2.05, 4.69) is 21.3 Å². The number of nitrogens with one attached hydrogen (secondary N) is 4. The summed E-state index contributed by atoms with van der Waals surface area (Å²) >= 11 is 0. The lowest BCUT2D eigenvalue weighted by Gasteiger charge is -2.29. The highest BCUT2D eigenvalue weighted by Crippen LogP contribution is 2.38. The van der Waals surface area contributed by atoms with Crippen LogP contribution in [0, 0.1) is 5.41 Å². The highest BCUT2D eigenvalue weighted by Gasteiger charge is 2.48. The predicted octanol–water partition coefficient (Wildman–Crippen LogP) is 0.747. The predicted molar refractivity (Wildman–Crippen MR) is 119 cm³/mol. The Morgan fingerprint density at radius 2 is 1.72 bits per heavy atom. The molecule has 0 heterocycles. The number of rotatable bonds is 11. The van der Waals surface area contributed by atoms with Crippen molar-refractivity contribution >= 4 is 29.4 Å². The zero-order valence-electron chi connectivity index (χ0n) is 18.4. The number of amides is 5. The molecule has 1 fully saturated rings. The maximum absolute atomic E-state index is 13.2. The number of urea groups is 1. The van der Waals surface area contributed by atoms with E-state index in [-0.39, 0.29) is 25.5 Å². The van der Waals surface area contributed by atoms with Gasteiger partial charge < -0.3 is 32.1 Å². The lowest BCUT2D eigenvalue weighted by atomic mass is 9.83. The van der Waals surface area contributed by atoms with Gasteiger partial charge in [-0.1, -0.05) is 25.0 Å². The van der Waals surface area contributed by atoms with Gasteiger partial charge in [0.25, 0.3) is 0 Å². The molecule has 0 aliphatic heterocycles. The van der Waals surface area contributed by atoms with E-state index in [0.717, 1.165) is 12.8 Å². The van der Waals surface area contributed by atoms with Crippen LogP contribution in [0.15, 0.2) is 24.3 Å². The van der Waals surface area contributed by atoms with Crippen LogP contribution < -0.4 is 27.0 Å². The molecular weight excluding hydrogens is 414 g/mol. The van der Waals surface area contributed by atoms with Gasteiger partial charge in [0.2, 0.25) is 17.7 Å². The molecule has 176 valence electrons. The van der Waals surface area contributed by atoms with Crippen LogP contribution in [-0.4, -0.2) is 48.0 Å². The van der Waals surface area contributed by atoms with Crippen LogP contribution in [-0.2, 0) is 21.0 Å². The van der Waals surface area contributed by atoms with Crippen molar-refractivity contribution in [3.05, 3.63) is 29.8 Å². The van der Waals surface area contributed by atoms with E-state index < -0.39 is 29.3 Å². The van der Waals surface area contributed by atoms with Crippen molar-refractivity contribution in [1.82, 2.24) is 16.0 Å². The molecule has 1 aliphatic rings. The first kappa shape index (κ1) is 25.1. The first-order valence-electron chi connectivity index (χ1n) is 11.0. The maximum atomic E-state index is 13.2. The first-order chi connectivity index (χ1) is 15.3. The average molecular weight is 448 g/mol. The minimum atomic E-state index is -1.18. The molecule has 0 bridgehead atoms. The van der Waals surface area contributed by atoms with Crippen molar-refractivity contribution in [2.24, 2.45) is 11.1 Å². The summed E-state index contributed by atoms with van der Waals surface area (Å²) in [6.45, 7) is 2.35. The number of carbonyl (C=O) groups excluding carboxylic acids is 4. The van der Waals surface area contributed by atoms with Crippen LogP contribution in [0.1, 0.15) is 51.0 Å². The normalized spacial score (nSPS) is 15.4. The fourth-order valence-electron chi connectivity index (χ4n) is 3.87. The number of aliphatic hydroxyl groups is 1. The van der Waals surface area contributed by atoms with Crippen molar-refractivity contribution in [3.8, 4) is 0 Å². The number of hydrogen-bond acceptors (Lipinski definition) is 5. The highest BCUT2D eigenvalue weighted by atomic mass is 16.3. The van der Waals surface area contributed by atoms with Crippen molar-refractivity contribution in [2.75, 3.05) is 18.4 Å². The lowest BCUT2D eigenvalue weighted by Crippen LogP contribution is -2.54. The van der Waals surface area contributed by atoms with Crippen LogP contribution in [0.4, 0.5) is 10.5 Å².